The Hall–Kier alpha value is -2.89. The van der Waals surface area contributed by atoms with Crippen molar-refractivity contribution in [2.24, 2.45) is 11.3 Å². The molecular formula is C40H54NO3Si. The van der Waals surface area contributed by atoms with Gasteiger partial charge in [0.05, 0.1) is 5.60 Å². The number of rotatable bonds is 9. The molecule has 1 atom stereocenters. The van der Waals surface area contributed by atoms with Gasteiger partial charge in [0.15, 0.2) is 0 Å². The van der Waals surface area contributed by atoms with E-state index in [1.54, 1.807) is 0 Å². The molecule has 0 bridgehead atoms. The number of fused-ring (bicyclic) bond motifs is 2. The van der Waals surface area contributed by atoms with Crippen LogP contribution in [0.25, 0.3) is 0 Å². The summed E-state index contributed by atoms with van der Waals surface area (Å²) in [5.74, 6) is 2.21. The fraction of sp³-hybridized carbons (Fsp3) is 0.525. The summed E-state index contributed by atoms with van der Waals surface area (Å²) in [5.41, 5.74) is 5.24. The smallest absolute Gasteiger partial charge is 0.225 e. The molecule has 1 N–H and O–H groups in total. The van der Waals surface area contributed by atoms with Crippen molar-refractivity contribution < 1.29 is 14.0 Å². The van der Waals surface area contributed by atoms with E-state index >= 15 is 0 Å². The van der Waals surface area contributed by atoms with Gasteiger partial charge in [-0.05, 0) is 84.9 Å². The van der Waals surface area contributed by atoms with Gasteiger partial charge in [0, 0.05) is 29.2 Å². The van der Waals surface area contributed by atoms with Crippen LogP contribution in [-0.2, 0) is 21.1 Å². The van der Waals surface area contributed by atoms with Crippen LogP contribution in [0.1, 0.15) is 115 Å². The molecule has 4 nitrogen and oxygen atoms in total. The Balaban J connectivity index is 1.42. The molecule has 241 valence electrons. The van der Waals surface area contributed by atoms with Gasteiger partial charge in [0.1, 0.15) is 11.5 Å². The van der Waals surface area contributed by atoms with Crippen LogP contribution in [-0.4, -0.2) is 20.5 Å². The van der Waals surface area contributed by atoms with Crippen LogP contribution in [0.15, 0.2) is 66.7 Å². The van der Waals surface area contributed by atoms with Gasteiger partial charge in [-0.15, -0.1) is 0 Å². The summed E-state index contributed by atoms with van der Waals surface area (Å²) < 4.78 is 13.3. The van der Waals surface area contributed by atoms with Gasteiger partial charge >= 0.3 is 0 Å². The molecule has 1 aliphatic carbocycles. The first kappa shape index (κ1) is 33.5. The molecule has 0 spiro atoms. The highest BCUT2D eigenvalue weighted by atomic mass is 28.3. The van der Waals surface area contributed by atoms with Crippen LogP contribution in [0, 0.1) is 11.3 Å². The second-order valence-electron chi connectivity index (χ2n) is 15.6. The largest absolute Gasteiger partial charge is 0.457 e. The molecule has 1 unspecified atom stereocenters. The topological polar surface area (TPSA) is 47.6 Å². The van der Waals surface area contributed by atoms with Crippen LogP contribution in [0.5, 0.6) is 11.5 Å². The molecule has 0 saturated heterocycles. The van der Waals surface area contributed by atoms with Crippen LogP contribution in [0.2, 0.25) is 13.1 Å². The molecule has 1 heterocycles. The van der Waals surface area contributed by atoms with Gasteiger partial charge in [-0.1, -0.05) is 109 Å². The van der Waals surface area contributed by atoms with E-state index < -0.39 is 9.04 Å². The molecule has 3 aromatic rings. The quantitative estimate of drug-likeness (QED) is 0.241. The lowest BCUT2D eigenvalue weighted by molar-refractivity contribution is -0.116. The van der Waals surface area contributed by atoms with Gasteiger partial charge in [0.25, 0.3) is 0 Å². The monoisotopic (exact) mass is 624 g/mol. The van der Waals surface area contributed by atoms with Crippen LogP contribution in [0.4, 0.5) is 5.69 Å². The van der Waals surface area contributed by atoms with Crippen LogP contribution in [0.3, 0.4) is 0 Å². The third-order valence-electron chi connectivity index (χ3n) is 10.1. The second kappa shape index (κ2) is 13.5. The molecule has 1 fully saturated rings. The lowest BCUT2D eigenvalue weighted by Gasteiger charge is -2.52. The van der Waals surface area contributed by atoms with Crippen molar-refractivity contribution in [1.82, 2.24) is 0 Å². The Morgan fingerprint density at radius 1 is 0.867 bits per heavy atom. The van der Waals surface area contributed by atoms with Crippen molar-refractivity contribution in [1.29, 1.82) is 0 Å². The zero-order valence-electron chi connectivity index (χ0n) is 28.9. The molecule has 2 aliphatic rings. The average molecular weight is 625 g/mol. The Labute approximate surface area is 274 Å². The lowest BCUT2D eigenvalue weighted by atomic mass is 9.62. The molecular weight excluding hydrogens is 571 g/mol. The molecule has 5 heteroatoms. The van der Waals surface area contributed by atoms with E-state index in [1.165, 1.54) is 37.7 Å². The molecule has 1 saturated carbocycles. The van der Waals surface area contributed by atoms with Crippen molar-refractivity contribution in [2.75, 3.05) is 5.32 Å². The summed E-state index contributed by atoms with van der Waals surface area (Å²) in [7, 11) is -0.896. The van der Waals surface area contributed by atoms with E-state index in [0.29, 0.717) is 12.3 Å². The highest BCUT2D eigenvalue weighted by Gasteiger charge is 2.49. The molecule has 1 aliphatic heterocycles. The maximum absolute atomic E-state index is 13.9. The molecule has 3 aromatic carbocycles. The number of anilines is 1. The van der Waals surface area contributed by atoms with E-state index in [4.69, 9.17) is 9.16 Å². The number of carbonyl (C=O) groups excluding carboxylic acids is 1. The number of carbonyl (C=O) groups is 1. The first-order valence-corrected chi connectivity index (χ1v) is 19.5. The summed E-state index contributed by atoms with van der Waals surface area (Å²) >= 11 is 0. The average Bonchev–Trinajstić information content (AvgIpc) is 2.98. The SMILES string of the molecule is C[Si](C)OC(CCc1ccc(C(C)(C)C)c(NC(=O)CC2c3ccccc3Oc3ccccc32)c1)(C1CCCCC1)C(C)(C)C. The van der Waals surface area contributed by atoms with Gasteiger partial charge in [-0.25, -0.2) is 0 Å². The minimum Gasteiger partial charge on any atom is -0.457 e. The zero-order chi connectivity index (χ0) is 32.4. The third kappa shape index (κ3) is 7.41. The Bertz CT molecular complexity index is 1430. The molecule has 45 heavy (non-hydrogen) atoms. The summed E-state index contributed by atoms with van der Waals surface area (Å²) in [6.07, 6.45) is 8.75. The third-order valence-corrected chi connectivity index (χ3v) is 10.8. The maximum Gasteiger partial charge on any atom is 0.225 e. The molecule has 1 amide bonds. The maximum atomic E-state index is 13.9. The van der Waals surface area contributed by atoms with Gasteiger partial charge in [-0.2, -0.15) is 0 Å². The van der Waals surface area contributed by atoms with Gasteiger partial charge in [0.2, 0.25) is 14.9 Å². The Morgan fingerprint density at radius 3 is 2.02 bits per heavy atom. The summed E-state index contributed by atoms with van der Waals surface area (Å²) in [6.45, 7) is 18.4. The predicted octanol–water partition coefficient (Wildman–Crippen LogP) is 10.8. The number of hydrogen-bond donors (Lipinski definition) is 1. The zero-order valence-corrected chi connectivity index (χ0v) is 29.9. The van der Waals surface area contributed by atoms with E-state index in [9.17, 15) is 4.79 Å². The highest BCUT2D eigenvalue weighted by molar-refractivity contribution is 6.48. The van der Waals surface area contributed by atoms with Crippen molar-refractivity contribution in [3.8, 4) is 11.5 Å². The van der Waals surface area contributed by atoms with E-state index in [1.807, 2.05) is 36.4 Å². The fourth-order valence-electron chi connectivity index (χ4n) is 7.86. The number of aryl methyl sites for hydroxylation is 1. The molecule has 0 aromatic heterocycles. The van der Waals surface area contributed by atoms with Gasteiger partial charge < -0.3 is 14.5 Å². The minimum atomic E-state index is -0.896. The predicted molar refractivity (Wildman–Crippen MR) is 189 cm³/mol. The Kier molecular flexibility index (Phi) is 10.0. The highest BCUT2D eigenvalue weighted by Crippen LogP contribution is 2.49. The van der Waals surface area contributed by atoms with E-state index in [0.717, 1.165) is 46.7 Å². The normalized spacial score (nSPS) is 17.3. The first-order chi connectivity index (χ1) is 21.3. The fourth-order valence-corrected chi connectivity index (χ4v) is 9.17. The summed E-state index contributed by atoms with van der Waals surface area (Å²) in [5, 5.41) is 3.38. The standard InChI is InChI=1S/C40H54NO3Si/c1-38(2,3)33-23-22-28(24-25-40(39(4,5)6,44-45(7)8)29-16-10-9-11-17-29)26-34(33)41-37(42)27-32-30-18-12-14-20-35(30)43-36-21-15-13-19-31(32)36/h12-15,18-23,26,29,32H,9-11,16-17,24-25,27H2,1-8H3,(H,41,42). The Morgan fingerprint density at radius 2 is 1.47 bits per heavy atom. The first-order valence-electron chi connectivity index (χ1n) is 17.1. The molecule has 5 rings (SSSR count). The van der Waals surface area contributed by atoms with Crippen molar-refractivity contribution in [3.63, 3.8) is 0 Å². The van der Waals surface area contributed by atoms with E-state index in [-0.39, 0.29) is 28.3 Å². The van der Waals surface area contributed by atoms with Gasteiger partial charge in [-0.3, -0.25) is 4.79 Å². The molecule has 1 radical (unpaired) electrons. The lowest BCUT2D eigenvalue weighted by Crippen LogP contribution is -2.54. The van der Waals surface area contributed by atoms with E-state index in [2.05, 4.69) is 90.3 Å². The summed E-state index contributed by atoms with van der Waals surface area (Å²) in [4.78, 5) is 13.9. The summed E-state index contributed by atoms with van der Waals surface area (Å²) in [6, 6.07) is 22.9. The van der Waals surface area contributed by atoms with Crippen molar-refractivity contribution in [3.05, 3.63) is 89.0 Å². The van der Waals surface area contributed by atoms with Crippen molar-refractivity contribution >= 4 is 20.6 Å². The number of nitrogens with one attached hydrogen (secondary N) is 1. The van der Waals surface area contributed by atoms with Crippen molar-refractivity contribution in [2.45, 2.75) is 123 Å². The minimum absolute atomic E-state index is 0.0212. The number of ether oxygens (including phenoxy) is 1. The number of para-hydroxylation sites is 2. The number of hydrogen-bond acceptors (Lipinski definition) is 3. The number of amides is 1. The number of benzene rings is 3. The second-order valence-corrected chi connectivity index (χ2v) is 17.6. The van der Waals surface area contributed by atoms with Crippen LogP contribution < -0.4 is 10.1 Å². The van der Waals surface area contributed by atoms with Crippen LogP contribution >= 0.6 is 0 Å².